The van der Waals surface area contributed by atoms with E-state index in [4.69, 9.17) is 0 Å². The van der Waals surface area contributed by atoms with Gasteiger partial charge in [-0.05, 0) is 39.2 Å². The molecular weight excluding hydrogens is 200 g/mol. The number of rotatable bonds is 3. The summed E-state index contributed by atoms with van der Waals surface area (Å²) in [5.74, 6) is 0. The highest BCUT2D eigenvalue weighted by Gasteiger charge is 2.12. The quantitative estimate of drug-likeness (QED) is 0.795. The van der Waals surface area contributed by atoms with Crippen LogP contribution in [0.5, 0.6) is 0 Å². The highest BCUT2D eigenvalue weighted by atomic mass is 16.3. The molecule has 0 saturated carbocycles. The normalized spacial score (nSPS) is 21.2. The summed E-state index contributed by atoms with van der Waals surface area (Å²) in [5.41, 5.74) is 2.43. The predicted octanol–water partition coefficient (Wildman–Crippen LogP) is 2.48. The summed E-state index contributed by atoms with van der Waals surface area (Å²) in [6, 6.07) is 2.49. The maximum atomic E-state index is 9.55. The molecule has 0 fully saturated rings. The molecule has 1 aromatic heterocycles. The summed E-state index contributed by atoms with van der Waals surface area (Å²) in [5, 5.41) is 14.1. The Morgan fingerprint density at radius 2 is 2.38 bits per heavy atom. The number of allylic oxidation sites excluding steroid dienone is 1. The van der Waals surface area contributed by atoms with Crippen molar-refractivity contribution in [3.05, 3.63) is 29.6 Å². The Labute approximate surface area is 96.8 Å². The fourth-order valence-electron chi connectivity index (χ4n) is 2.12. The fraction of sp³-hybridized carbons (Fsp3) is 0.615. The summed E-state index contributed by atoms with van der Waals surface area (Å²) in [6.45, 7) is 4.25. The summed E-state index contributed by atoms with van der Waals surface area (Å²) in [6.07, 6.45) is 7.78. The third-order valence-corrected chi connectivity index (χ3v) is 3.03. The molecule has 1 aromatic rings. The van der Waals surface area contributed by atoms with Crippen molar-refractivity contribution in [2.24, 2.45) is 0 Å². The van der Waals surface area contributed by atoms with Crippen LogP contribution < -0.4 is 0 Å². The van der Waals surface area contributed by atoms with Gasteiger partial charge >= 0.3 is 0 Å². The van der Waals surface area contributed by atoms with Crippen LogP contribution in [-0.4, -0.2) is 21.0 Å². The summed E-state index contributed by atoms with van der Waals surface area (Å²) < 4.78 is 1.98. The average Bonchev–Trinajstić information content (AvgIpc) is 2.66. The van der Waals surface area contributed by atoms with E-state index in [1.54, 1.807) is 0 Å². The minimum absolute atomic E-state index is 0.240. The monoisotopic (exact) mass is 220 g/mol. The largest absolute Gasteiger partial charge is 0.389 e. The molecule has 0 spiro atoms. The van der Waals surface area contributed by atoms with Crippen LogP contribution in [-0.2, 0) is 6.42 Å². The molecule has 16 heavy (non-hydrogen) atoms. The van der Waals surface area contributed by atoms with Gasteiger partial charge in [0.05, 0.1) is 11.8 Å². The van der Waals surface area contributed by atoms with E-state index < -0.39 is 0 Å². The molecule has 1 N–H and O–H groups in total. The number of aliphatic hydroxyl groups is 1. The Morgan fingerprint density at radius 3 is 3.00 bits per heavy atom. The van der Waals surface area contributed by atoms with E-state index in [1.165, 1.54) is 5.57 Å². The standard InChI is InChI=1S/C13H20N2O/c1-10(2)15-7-6-12(14-15)8-11-4-3-5-13(16)9-11/h6-7,9-10,13,16H,3-5,8H2,1-2H3. The van der Waals surface area contributed by atoms with Crippen molar-refractivity contribution < 1.29 is 5.11 Å². The lowest BCUT2D eigenvalue weighted by atomic mass is 9.94. The lowest BCUT2D eigenvalue weighted by Gasteiger charge is -2.16. The van der Waals surface area contributed by atoms with Gasteiger partial charge in [0.2, 0.25) is 0 Å². The Hall–Kier alpha value is -1.09. The minimum atomic E-state index is -0.240. The smallest absolute Gasteiger partial charge is 0.0723 e. The van der Waals surface area contributed by atoms with E-state index in [-0.39, 0.29) is 6.10 Å². The first-order valence-electron chi connectivity index (χ1n) is 6.07. The molecule has 3 heteroatoms. The molecule has 3 nitrogen and oxygen atoms in total. The lowest BCUT2D eigenvalue weighted by Crippen LogP contribution is -2.10. The molecule has 1 aliphatic carbocycles. The van der Waals surface area contributed by atoms with Crippen molar-refractivity contribution in [3.63, 3.8) is 0 Å². The van der Waals surface area contributed by atoms with Gasteiger partial charge in [-0.3, -0.25) is 4.68 Å². The van der Waals surface area contributed by atoms with Crippen LogP contribution in [0.3, 0.4) is 0 Å². The fourth-order valence-corrected chi connectivity index (χ4v) is 2.12. The predicted molar refractivity (Wildman–Crippen MR) is 64.3 cm³/mol. The number of aromatic nitrogens is 2. The van der Waals surface area contributed by atoms with E-state index in [1.807, 2.05) is 17.0 Å². The third kappa shape index (κ3) is 2.73. The zero-order valence-corrected chi connectivity index (χ0v) is 10.1. The second-order valence-electron chi connectivity index (χ2n) is 4.84. The Morgan fingerprint density at radius 1 is 1.56 bits per heavy atom. The number of aliphatic hydroxyl groups excluding tert-OH is 1. The van der Waals surface area contributed by atoms with E-state index in [2.05, 4.69) is 25.0 Å². The maximum Gasteiger partial charge on any atom is 0.0723 e. The highest BCUT2D eigenvalue weighted by Crippen LogP contribution is 2.21. The van der Waals surface area contributed by atoms with E-state index >= 15 is 0 Å². The van der Waals surface area contributed by atoms with Gasteiger partial charge in [0.1, 0.15) is 0 Å². The van der Waals surface area contributed by atoms with Gasteiger partial charge in [0.25, 0.3) is 0 Å². The lowest BCUT2D eigenvalue weighted by molar-refractivity contribution is 0.202. The van der Waals surface area contributed by atoms with Crippen molar-refractivity contribution in [1.82, 2.24) is 9.78 Å². The topological polar surface area (TPSA) is 38.0 Å². The summed E-state index contributed by atoms with van der Waals surface area (Å²) in [7, 11) is 0. The van der Waals surface area contributed by atoms with Crippen LogP contribution in [0.15, 0.2) is 23.9 Å². The zero-order chi connectivity index (χ0) is 11.5. The Balaban J connectivity index is 2.03. The first kappa shape index (κ1) is 11.4. The van der Waals surface area contributed by atoms with Gasteiger partial charge in [0.15, 0.2) is 0 Å². The first-order chi connectivity index (χ1) is 7.65. The molecule has 1 unspecified atom stereocenters. The third-order valence-electron chi connectivity index (χ3n) is 3.03. The van der Waals surface area contributed by atoms with Gasteiger partial charge in [-0.25, -0.2) is 0 Å². The van der Waals surface area contributed by atoms with Crippen LogP contribution in [0, 0.1) is 0 Å². The zero-order valence-electron chi connectivity index (χ0n) is 10.1. The summed E-state index contributed by atoms with van der Waals surface area (Å²) >= 11 is 0. The Kier molecular flexibility index (Phi) is 3.44. The molecule has 1 aliphatic rings. The molecule has 0 saturated heterocycles. The molecule has 0 aliphatic heterocycles. The van der Waals surface area contributed by atoms with E-state index in [0.29, 0.717) is 6.04 Å². The van der Waals surface area contributed by atoms with Crippen molar-refractivity contribution >= 4 is 0 Å². The molecule has 88 valence electrons. The van der Waals surface area contributed by atoms with Gasteiger partial charge in [0, 0.05) is 18.7 Å². The van der Waals surface area contributed by atoms with Crippen LogP contribution in [0.1, 0.15) is 44.8 Å². The molecular formula is C13H20N2O. The van der Waals surface area contributed by atoms with E-state index in [0.717, 1.165) is 31.4 Å². The maximum absolute atomic E-state index is 9.55. The number of hydrogen-bond acceptors (Lipinski definition) is 2. The van der Waals surface area contributed by atoms with Gasteiger partial charge in [-0.15, -0.1) is 0 Å². The molecule has 2 rings (SSSR count). The first-order valence-corrected chi connectivity index (χ1v) is 6.07. The number of hydrogen-bond donors (Lipinski definition) is 1. The van der Waals surface area contributed by atoms with Crippen molar-refractivity contribution in [3.8, 4) is 0 Å². The van der Waals surface area contributed by atoms with Gasteiger partial charge in [-0.2, -0.15) is 5.10 Å². The van der Waals surface area contributed by atoms with Crippen LogP contribution in [0.25, 0.3) is 0 Å². The van der Waals surface area contributed by atoms with Crippen LogP contribution >= 0.6 is 0 Å². The highest BCUT2D eigenvalue weighted by molar-refractivity contribution is 5.17. The second-order valence-corrected chi connectivity index (χ2v) is 4.84. The van der Waals surface area contributed by atoms with Crippen molar-refractivity contribution in [2.45, 2.75) is 51.7 Å². The molecule has 0 bridgehead atoms. The number of nitrogens with zero attached hydrogens (tertiary/aromatic N) is 2. The molecule has 0 amide bonds. The van der Waals surface area contributed by atoms with Gasteiger partial charge in [-0.1, -0.05) is 11.6 Å². The van der Waals surface area contributed by atoms with Crippen molar-refractivity contribution in [1.29, 1.82) is 0 Å². The molecule has 1 heterocycles. The van der Waals surface area contributed by atoms with Crippen LogP contribution in [0.2, 0.25) is 0 Å². The average molecular weight is 220 g/mol. The van der Waals surface area contributed by atoms with Gasteiger partial charge < -0.3 is 5.11 Å². The molecule has 0 aromatic carbocycles. The second kappa shape index (κ2) is 4.83. The Bertz CT molecular complexity index is 379. The molecule has 1 atom stereocenters. The van der Waals surface area contributed by atoms with E-state index in [9.17, 15) is 5.11 Å². The SMILES string of the molecule is CC(C)n1ccc(CC2=CC(O)CCC2)n1. The van der Waals surface area contributed by atoms with Crippen molar-refractivity contribution in [2.75, 3.05) is 0 Å². The summed E-state index contributed by atoms with van der Waals surface area (Å²) in [4.78, 5) is 0. The van der Waals surface area contributed by atoms with Crippen LogP contribution in [0.4, 0.5) is 0 Å². The molecule has 0 radical (unpaired) electrons. The minimum Gasteiger partial charge on any atom is -0.389 e.